The van der Waals surface area contributed by atoms with Crippen molar-refractivity contribution in [3.63, 3.8) is 0 Å². The summed E-state index contributed by atoms with van der Waals surface area (Å²) in [4.78, 5) is 0. The Morgan fingerprint density at radius 2 is 0.871 bits per heavy atom. The molecule has 31 heavy (non-hydrogen) atoms. The summed E-state index contributed by atoms with van der Waals surface area (Å²) < 4.78 is 63.2. The van der Waals surface area contributed by atoms with Crippen molar-refractivity contribution < 1.29 is 52.1 Å². The molecule has 0 aromatic carbocycles. The molecule has 11 nitrogen and oxygen atoms in total. The fourth-order valence-electron chi connectivity index (χ4n) is 4.29. The van der Waals surface area contributed by atoms with Crippen molar-refractivity contribution in [3.8, 4) is 0 Å². The van der Waals surface area contributed by atoms with Gasteiger partial charge in [-0.3, -0.25) is 0 Å². The lowest BCUT2D eigenvalue weighted by molar-refractivity contribution is -0.365. The number of methoxy groups -OCH3 is 8. The summed E-state index contributed by atoms with van der Waals surface area (Å²) in [6.07, 6.45) is -5.50. The Balaban J connectivity index is 2.32. The van der Waals surface area contributed by atoms with Gasteiger partial charge in [-0.15, -0.1) is 0 Å². The summed E-state index contributed by atoms with van der Waals surface area (Å²) in [6, 6.07) is 0. The smallest absolute Gasteiger partial charge is 0.187 e. The molecule has 0 bridgehead atoms. The van der Waals surface area contributed by atoms with Gasteiger partial charge in [-0.25, -0.2) is 0 Å². The highest BCUT2D eigenvalue weighted by Crippen LogP contribution is 2.33. The molecular formula is C20H38O11. The molecular weight excluding hydrogens is 416 g/mol. The molecule has 0 saturated carbocycles. The summed E-state index contributed by atoms with van der Waals surface area (Å²) >= 11 is 0. The lowest BCUT2D eigenvalue weighted by Crippen LogP contribution is -2.66. The Kier molecular flexibility index (Phi) is 11.5. The standard InChI is InChI=1S/C20H38O11/c1-21-9-11-13(23-3)15(24-4)18(27-7)20(30-11)31-14-12(10-22-2)29-19(28-8)17(26-6)16(14)25-5/h11-20H,9-10H2,1-8H3/t11?,12?,13-,14-,15+,16+,17?,18?,19-,20+/m1/s1. The quantitative estimate of drug-likeness (QED) is 0.393. The van der Waals surface area contributed by atoms with E-state index in [-0.39, 0.29) is 13.2 Å². The van der Waals surface area contributed by atoms with E-state index in [0.717, 1.165) is 0 Å². The van der Waals surface area contributed by atoms with E-state index in [1.54, 1.807) is 56.9 Å². The van der Waals surface area contributed by atoms with Gasteiger partial charge in [0.15, 0.2) is 12.6 Å². The van der Waals surface area contributed by atoms with E-state index in [1.807, 2.05) is 0 Å². The molecule has 0 radical (unpaired) electrons. The van der Waals surface area contributed by atoms with Gasteiger partial charge in [0.05, 0.1) is 13.2 Å². The average molecular weight is 455 g/mol. The van der Waals surface area contributed by atoms with Gasteiger partial charge in [0.1, 0.15) is 48.8 Å². The highest BCUT2D eigenvalue weighted by molar-refractivity contribution is 4.96. The van der Waals surface area contributed by atoms with E-state index in [2.05, 4.69) is 0 Å². The molecule has 184 valence electrons. The topological polar surface area (TPSA) is 102 Å². The largest absolute Gasteiger partial charge is 0.382 e. The van der Waals surface area contributed by atoms with Crippen LogP contribution in [0.1, 0.15) is 0 Å². The van der Waals surface area contributed by atoms with Crippen LogP contribution >= 0.6 is 0 Å². The van der Waals surface area contributed by atoms with Crippen LogP contribution in [0.2, 0.25) is 0 Å². The first kappa shape index (κ1) is 26.8. The van der Waals surface area contributed by atoms with Crippen molar-refractivity contribution in [2.45, 2.75) is 61.4 Å². The summed E-state index contributed by atoms with van der Waals surface area (Å²) in [5.74, 6) is 0. The molecule has 11 heteroatoms. The van der Waals surface area contributed by atoms with Gasteiger partial charge in [-0.05, 0) is 0 Å². The van der Waals surface area contributed by atoms with Crippen LogP contribution < -0.4 is 0 Å². The SMILES string of the molecule is COCC1O[C@@H](O[C@@H]2C(COC)O[C@@H](OC)C(OC)[C@H]2OC)C(OC)[C@@H](OC)[C@@H]1OC. The van der Waals surface area contributed by atoms with Crippen LogP contribution in [0.3, 0.4) is 0 Å². The molecule has 0 N–H and O–H groups in total. The third kappa shape index (κ3) is 5.92. The predicted octanol–water partition coefficient (Wildman–Crippen LogP) is -0.164. The van der Waals surface area contributed by atoms with Crippen LogP contribution in [0.5, 0.6) is 0 Å². The number of hydrogen-bond donors (Lipinski definition) is 0. The molecule has 0 aromatic heterocycles. The van der Waals surface area contributed by atoms with E-state index in [1.165, 1.54) is 0 Å². The Morgan fingerprint density at radius 3 is 1.32 bits per heavy atom. The highest BCUT2D eigenvalue weighted by Gasteiger charge is 2.53. The zero-order valence-electron chi connectivity index (χ0n) is 19.7. The lowest BCUT2D eigenvalue weighted by atomic mass is 9.96. The van der Waals surface area contributed by atoms with Crippen LogP contribution in [0.15, 0.2) is 0 Å². The second-order valence-electron chi connectivity index (χ2n) is 7.33. The third-order valence-corrected chi connectivity index (χ3v) is 5.73. The molecule has 2 fully saturated rings. The molecule has 0 aliphatic carbocycles. The van der Waals surface area contributed by atoms with Crippen LogP contribution in [0, 0.1) is 0 Å². The Hall–Kier alpha value is -0.440. The number of rotatable bonds is 12. The first-order valence-corrected chi connectivity index (χ1v) is 10.2. The molecule has 10 atom stereocenters. The molecule has 2 aliphatic heterocycles. The van der Waals surface area contributed by atoms with Crippen LogP contribution in [0.4, 0.5) is 0 Å². The van der Waals surface area contributed by atoms with Gasteiger partial charge < -0.3 is 52.1 Å². The fraction of sp³-hybridized carbons (Fsp3) is 1.00. The highest BCUT2D eigenvalue weighted by atomic mass is 16.8. The Bertz CT molecular complexity index is 496. The maximum absolute atomic E-state index is 6.43. The maximum Gasteiger partial charge on any atom is 0.187 e. The predicted molar refractivity (Wildman–Crippen MR) is 107 cm³/mol. The lowest BCUT2D eigenvalue weighted by Gasteiger charge is -2.49. The van der Waals surface area contributed by atoms with E-state index < -0.39 is 61.4 Å². The molecule has 2 saturated heterocycles. The molecule has 0 spiro atoms. The van der Waals surface area contributed by atoms with Crippen molar-refractivity contribution in [2.24, 2.45) is 0 Å². The second-order valence-corrected chi connectivity index (χ2v) is 7.33. The molecule has 0 aromatic rings. The van der Waals surface area contributed by atoms with Crippen molar-refractivity contribution in [3.05, 3.63) is 0 Å². The van der Waals surface area contributed by atoms with Gasteiger partial charge in [-0.2, -0.15) is 0 Å². The molecule has 2 rings (SSSR count). The van der Waals surface area contributed by atoms with Crippen molar-refractivity contribution in [1.82, 2.24) is 0 Å². The number of ether oxygens (including phenoxy) is 11. The van der Waals surface area contributed by atoms with Crippen LogP contribution in [0.25, 0.3) is 0 Å². The van der Waals surface area contributed by atoms with Gasteiger partial charge >= 0.3 is 0 Å². The normalized spacial score (nSPS) is 41.4. The third-order valence-electron chi connectivity index (χ3n) is 5.73. The van der Waals surface area contributed by atoms with Gasteiger partial charge in [0, 0.05) is 56.9 Å². The van der Waals surface area contributed by atoms with E-state index in [9.17, 15) is 0 Å². The molecule has 4 unspecified atom stereocenters. The van der Waals surface area contributed by atoms with Gasteiger partial charge in [0.2, 0.25) is 0 Å². The summed E-state index contributed by atoms with van der Waals surface area (Å²) in [5.41, 5.74) is 0. The summed E-state index contributed by atoms with van der Waals surface area (Å²) in [6.45, 7) is 0.540. The minimum Gasteiger partial charge on any atom is -0.382 e. The van der Waals surface area contributed by atoms with Gasteiger partial charge in [0.25, 0.3) is 0 Å². The van der Waals surface area contributed by atoms with Crippen molar-refractivity contribution >= 4 is 0 Å². The second kappa shape index (κ2) is 13.3. The Labute approximate surface area is 184 Å². The fourth-order valence-corrected chi connectivity index (χ4v) is 4.29. The molecule has 2 heterocycles. The zero-order valence-corrected chi connectivity index (χ0v) is 19.7. The molecule has 2 aliphatic rings. The van der Waals surface area contributed by atoms with E-state index in [0.29, 0.717) is 0 Å². The Morgan fingerprint density at radius 1 is 0.452 bits per heavy atom. The van der Waals surface area contributed by atoms with Crippen LogP contribution in [-0.2, 0) is 52.1 Å². The minimum atomic E-state index is -0.816. The maximum atomic E-state index is 6.43. The first-order chi connectivity index (χ1) is 15.0. The zero-order chi connectivity index (χ0) is 23.0. The first-order valence-electron chi connectivity index (χ1n) is 10.2. The number of hydrogen-bond acceptors (Lipinski definition) is 11. The average Bonchev–Trinajstić information content (AvgIpc) is 2.79. The van der Waals surface area contributed by atoms with Crippen molar-refractivity contribution in [2.75, 3.05) is 70.1 Å². The minimum absolute atomic E-state index is 0.251. The van der Waals surface area contributed by atoms with E-state index >= 15 is 0 Å². The van der Waals surface area contributed by atoms with E-state index in [4.69, 9.17) is 52.1 Å². The van der Waals surface area contributed by atoms with Gasteiger partial charge in [-0.1, -0.05) is 0 Å². The molecule has 0 amide bonds. The monoisotopic (exact) mass is 454 g/mol. The summed E-state index contributed by atoms with van der Waals surface area (Å²) in [5, 5.41) is 0. The van der Waals surface area contributed by atoms with Crippen molar-refractivity contribution in [1.29, 1.82) is 0 Å². The van der Waals surface area contributed by atoms with Crippen LogP contribution in [-0.4, -0.2) is 132 Å². The summed E-state index contributed by atoms with van der Waals surface area (Å²) in [7, 11) is 12.6.